The van der Waals surface area contributed by atoms with Crippen molar-refractivity contribution in [2.24, 2.45) is 22.6 Å². The molecule has 2 saturated heterocycles. The van der Waals surface area contributed by atoms with Gasteiger partial charge in [-0.2, -0.15) is 23.5 Å². The number of rotatable bonds is 20. The molecule has 424 valence electrons. The molecular weight excluding hydrogens is 1010 g/mol. The Kier molecular flexibility index (Phi) is 29.5. The number of hydrogen-bond donors (Lipinski definition) is 12. The van der Waals surface area contributed by atoms with E-state index >= 15 is 0 Å². The molecule has 25 heteroatoms. The second kappa shape index (κ2) is 34.2. The van der Waals surface area contributed by atoms with Gasteiger partial charge in [0.1, 0.15) is 41.9 Å². The number of likely N-dealkylation sites (tertiary alicyclic amines) is 1. The van der Waals surface area contributed by atoms with E-state index in [1.807, 2.05) is 50.8 Å². The number of nitrogens with one attached hydrogen (secondary N) is 7. The summed E-state index contributed by atoms with van der Waals surface area (Å²) in [6.45, 7) is 11.6. The highest BCUT2D eigenvalue weighted by Gasteiger charge is 2.43. The number of thioether (sulfide) groups is 2. The summed E-state index contributed by atoms with van der Waals surface area (Å²) in [6, 6.07) is -4.58. The van der Waals surface area contributed by atoms with Crippen LogP contribution in [0, 0.1) is 11.8 Å². The van der Waals surface area contributed by atoms with Crippen molar-refractivity contribution in [3.05, 3.63) is 23.9 Å². The van der Waals surface area contributed by atoms with Crippen molar-refractivity contribution in [2.45, 2.75) is 152 Å². The molecule has 0 unspecified atom stereocenters. The van der Waals surface area contributed by atoms with Gasteiger partial charge in [-0.05, 0) is 68.9 Å². The standard InChI is InChI=1S/C50H84N10O13S2/c1-6-32(4)43-48(71)56-37(47(70)54-33-14-20-60(21-15-33)27-42(66)55-35(45(51)68)11-12-40(64)53-19-13-38(62)44(67)39(63)28-61)30-74-24-9-7-8-10-34(52-5)29-75-25-16-41(65)59-50(17-22-73-23-18-50)49(72)57-36(26-31(2)3)46(69)58-43/h7-8,10,31-33,35-39,43-44,61-63,67H,5-6,9,11-30H2,1-4H3,(H2,51,68)(H,53,64)(H,54,70)(H,55,66)(H,56,71)(H,57,72)(H,58,69)(H,59,65)/b8-7-,34-10-/t32-,35+,36-,37-,38+,39+,43-,44-/m0/s1. The van der Waals surface area contributed by atoms with Gasteiger partial charge < -0.3 is 68.1 Å². The van der Waals surface area contributed by atoms with Gasteiger partial charge in [-0.1, -0.05) is 46.3 Å². The zero-order chi connectivity index (χ0) is 55.5. The summed E-state index contributed by atoms with van der Waals surface area (Å²) in [5.41, 5.74) is 4.95. The van der Waals surface area contributed by atoms with Gasteiger partial charge in [0.15, 0.2) is 0 Å². The van der Waals surface area contributed by atoms with Crippen LogP contribution >= 0.6 is 23.5 Å². The van der Waals surface area contributed by atoms with E-state index in [0.29, 0.717) is 56.0 Å². The number of aliphatic hydroxyl groups is 4. The molecule has 0 aliphatic carbocycles. The quantitative estimate of drug-likeness (QED) is 0.0618. The number of aliphatic imine (C=N–C) groups is 1. The molecular formula is C50H84N10O13S2. The van der Waals surface area contributed by atoms with Crippen molar-refractivity contribution in [3.63, 3.8) is 0 Å². The molecule has 0 saturated carbocycles. The fourth-order valence-corrected chi connectivity index (χ4v) is 10.3. The van der Waals surface area contributed by atoms with Crippen molar-refractivity contribution in [1.29, 1.82) is 0 Å². The molecule has 1 spiro atoms. The van der Waals surface area contributed by atoms with Crippen LogP contribution in [0.5, 0.6) is 0 Å². The molecule has 2 fully saturated rings. The minimum Gasteiger partial charge on any atom is -0.394 e. The van der Waals surface area contributed by atoms with Crippen LogP contribution in [-0.4, -0.2) is 202 Å². The second-order valence-electron chi connectivity index (χ2n) is 19.8. The number of ether oxygens (including phenoxy) is 1. The summed E-state index contributed by atoms with van der Waals surface area (Å²) < 4.78 is 5.57. The Balaban J connectivity index is 1.71. The SMILES string of the molecule is C=N/C1=C\C=C/CCSC[C@@H](C(=O)NC2CCN(CC(=O)N[C@H](CCC(=O)NCC[C@@H](O)[C@H](O)[C@H](O)CO)C(N)=O)CC2)NC(=O)[C@H]([C@@H](C)CC)NC(=O)[C@H](CC(C)C)NC(=O)C2(CCOCC2)NC(=O)CCSC1. The fourth-order valence-electron chi connectivity index (χ4n) is 8.50. The van der Waals surface area contributed by atoms with E-state index in [4.69, 9.17) is 15.6 Å². The summed E-state index contributed by atoms with van der Waals surface area (Å²) in [4.78, 5) is 114. The van der Waals surface area contributed by atoms with Crippen LogP contribution in [-0.2, 0) is 43.1 Å². The van der Waals surface area contributed by atoms with Crippen molar-refractivity contribution < 1.29 is 63.5 Å². The number of carbonyl (C=O) groups is 8. The van der Waals surface area contributed by atoms with E-state index in [1.165, 1.54) is 23.5 Å². The maximum Gasteiger partial charge on any atom is 0.246 e. The lowest BCUT2D eigenvalue weighted by molar-refractivity contribution is -0.140. The van der Waals surface area contributed by atoms with Gasteiger partial charge in [0.2, 0.25) is 47.3 Å². The lowest BCUT2D eigenvalue weighted by Crippen LogP contribution is -2.65. The number of nitrogens with zero attached hydrogens (tertiary/aromatic N) is 2. The first-order valence-corrected chi connectivity index (χ1v) is 28.3. The summed E-state index contributed by atoms with van der Waals surface area (Å²) in [5.74, 6) is -2.83. The molecule has 23 nitrogen and oxygen atoms in total. The van der Waals surface area contributed by atoms with Crippen molar-refractivity contribution >= 4 is 77.5 Å². The third-order valence-corrected chi connectivity index (χ3v) is 15.4. The van der Waals surface area contributed by atoms with Crippen molar-refractivity contribution in [2.75, 3.05) is 69.0 Å². The normalized spacial score (nSPS) is 24.7. The zero-order valence-corrected chi connectivity index (χ0v) is 45.7. The summed E-state index contributed by atoms with van der Waals surface area (Å²) in [6.07, 6.45) is 3.60. The number of carbonyl (C=O) groups excluding carboxylic acids is 8. The van der Waals surface area contributed by atoms with E-state index in [-0.39, 0.29) is 101 Å². The Labute approximate surface area is 449 Å². The zero-order valence-electron chi connectivity index (χ0n) is 44.0. The molecule has 8 amide bonds. The van der Waals surface area contributed by atoms with Gasteiger partial charge in [0.05, 0.1) is 19.3 Å². The molecule has 3 aliphatic heterocycles. The highest BCUT2D eigenvalue weighted by atomic mass is 32.2. The van der Waals surface area contributed by atoms with Crippen LogP contribution in [0.15, 0.2) is 28.9 Å². The highest BCUT2D eigenvalue weighted by molar-refractivity contribution is 7.99. The lowest BCUT2D eigenvalue weighted by atomic mass is 9.87. The van der Waals surface area contributed by atoms with E-state index in [2.05, 4.69) is 48.9 Å². The van der Waals surface area contributed by atoms with Gasteiger partial charge >= 0.3 is 0 Å². The number of piperidine rings is 1. The Morgan fingerprint density at radius 2 is 1.67 bits per heavy atom. The van der Waals surface area contributed by atoms with E-state index in [0.717, 1.165) is 5.70 Å². The van der Waals surface area contributed by atoms with Crippen LogP contribution in [0.3, 0.4) is 0 Å². The maximum absolute atomic E-state index is 14.3. The van der Waals surface area contributed by atoms with Gasteiger partial charge in [0.25, 0.3) is 0 Å². The maximum atomic E-state index is 14.3. The third-order valence-electron chi connectivity index (χ3n) is 13.4. The molecule has 13 N–H and O–H groups in total. The molecule has 0 aromatic heterocycles. The van der Waals surface area contributed by atoms with E-state index in [9.17, 15) is 53.7 Å². The Hall–Kier alpha value is -4.63. The van der Waals surface area contributed by atoms with E-state index in [1.54, 1.807) is 0 Å². The summed E-state index contributed by atoms with van der Waals surface area (Å²) in [7, 11) is 0. The van der Waals surface area contributed by atoms with Crippen LogP contribution in [0.25, 0.3) is 0 Å². The minimum absolute atomic E-state index is 0.0417. The first kappa shape index (κ1) is 64.7. The number of nitrogens with two attached hydrogens (primary N) is 1. The Morgan fingerprint density at radius 1 is 0.960 bits per heavy atom. The van der Waals surface area contributed by atoms with Gasteiger partial charge in [0, 0.05) is 87.5 Å². The van der Waals surface area contributed by atoms with Crippen LogP contribution in [0.4, 0.5) is 0 Å². The van der Waals surface area contributed by atoms with Crippen molar-refractivity contribution in [1.82, 2.24) is 42.1 Å². The predicted octanol–water partition coefficient (Wildman–Crippen LogP) is -1.49. The number of aliphatic hydroxyl groups excluding tert-OH is 4. The lowest BCUT2D eigenvalue weighted by Gasteiger charge is -2.38. The average molecular weight is 1100 g/mol. The smallest absolute Gasteiger partial charge is 0.246 e. The van der Waals surface area contributed by atoms with Gasteiger partial charge in [-0.25, -0.2) is 0 Å². The molecule has 0 aromatic rings. The summed E-state index contributed by atoms with van der Waals surface area (Å²) >= 11 is 2.98. The predicted molar refractivity (Wildman–Crippen MR) is 287 cm³/mol. The van der Waals surface area contributed by atoms with Gasteiger partial charge in [-0.3, -0.25) is 48.2 Å². The number of hydrogen-bond acceptors (Lipinski definition) is 17. The summed E-state index contributed by atoms with van der Waals surface area (Å²) in [5, 5.41) is 58.1. The molecule has 0 bridgehead atoms. The average Bonchev–Trinajstić information content (AvgIpc) is 3.38. The second-order valence-corrected chi connectivity index (χ2v) is 22.1. The topological polar surface area (TPSA) is 353 Å². The van der Waals surface area contributed by atoms with Gasteiger partial charge in [-0.15, -0.1) is 0 Å². The van der Waals surface area contributed by atoms with E-state index < -0.39 is 96.0 Å². The molecule has 3 rings (SSSR count). The number of allylic oxidation sites excluding steroid dienone is 3. The van der Waals surface area contributed by atoms with Crippen LogP contribution < -0.4 is 43.0 Å². The fraction of sp³-hybridized carbons (Fsp3) is 0.740. The Bertz CT molecular complexity index is 1950. The van der Waals surface area contributed by atoms with Crippen molar-refractivity contribution in [3.8, 4) is 0 Å². The number of primary amides is 1. The first-order chi connectivity index (χ1) is 35.7. The molecule has 75 heavy (non-hydrogen) atoms. The first-order valence-electron chi connectivity index (χ1n) is 26.0. The molecule has 0 aromatic carbocycles. The monoisotopic (exact) mass is 1100 g/mol. The minimum atomic E-state index is -1.60. The molecule has 8 atom stereocenters. The Morgan fingerprint density at radius 3 is 2.31 bits per heavy atom. The number of amides is 8. The third kappa shape index (κ3) is 23.2. The molecule has 3 heterocycles. The highest BCUT2D eigenvalue weighted by Crippen LogP contribution is 2.24. The molecule has 0 radical (unpaired) electrons. The van der Waals surface area contributed by atoms with Crippen LogP contribution in [0.1, 0.15) is 98.3 Å². The van der Waals surface area contributed by atoms with Crippen LogP contribution in [0.2, 0.25) is 0 Å². The molecule has 3 aliphatic rings. The largest absolute Gasteiger partial charge is 0.394 e.